The molecule has 3 aromatic rings. The van der Waals surface area contributed by atoms with E-state index in [4.69, 9.17) is 13.9 Å². The predicted octanol–water partition coefficient (Wildman–Crippen LogP) is 2.53. The SMILES string of the molecule is CCOc1cccc2cc(C(C)NC(=O)c3ccc(=O)n(CCOC)n3)oc12. The topological polar surface area (TPSA) is 95.6 Å². The Morgan fingerprint density at radius 1 is 1.32 bits per heavy atom. The molecule has 2 heterocycles. The molecule has 148 valence electrons. The highest BCUT2D eigenvalue weighted by molar-refractivity contribution is 5.92. The van der Waals surface area contributed by atoms with Gasteiger partial charge in [0.05, 0.1) is 25.8 Å². The van der Waals surface area contributed by atoms with Crippen molar-refractivity contribution in [3.63, 3.8) is 0 Å². The maximum Gasteiger partial charge on any atom is 0.272 e. The lowest BCUT2D eigenvalue weighted by Gasteiger charge is -2.12. The Morgan fingerprint density at radius 3 is 2.89 bits per heavy atom. The van der Waals surface area contributed by atoms with Crippen LogP contribution < -0.4 is 15.6 Å². The van der Waals surface area contributed by atoms with Crippen LogP contribution in [0.15, 0.2) is 45.6 Å². The number of nitrogens with zero attached hydrogens (tertiary/aromatic N) is 2. The molecule has 1 amide bonds. The van der Waals surface area contributed by atoms with Crippen molar-refractivity contribution in [2.45, 2.75) is 26.4 Å². The van der Waals surface area contributed by atoms with Gasteiger partial charge in [0.15, 0.2) is 11.3 Å². The number of hydrogen-bond acceptors (Lipinski definition) is 6. The number of rotatable bonds is 8. The molecule has 28 heavy (non-hydrogen) atoms. The molecule has 0 spiro atoms. The smallest absolute Gasteiger partial charge is 0.272 e. The van der Waals surface area contributed by atoms with Crippen LogP contribution >= 0.6 is 0 Å². The average Bonchev–Trinajstić information content (AvgIpc) is 3.13. The highest BCUT2D eigenvalue weighted by Crippen LogP contribution is 2.31. The van der Waals surface area contributed by atoms with Crippen LogP contribution in [0.25, 0.3) is 11.0 Å². The number of amides is 1. The zero-order chi connectivity index (χ0) is 20.1. The third-order valence-electron chi connectivity index (χ3n) is 4.21. The van der Waals surface area contributed by atoms with Gasteiger partial charge in [-0.15, -0.1) is 0 Å². The molecule has 0 aliphatic heterocycles. The van der Waals surface area contributed by atoms with Gasteiger partial charge in [0.1, 0.15) is 11.5 Å². The third kappa shape index (κ3) is 4.23. The molecule has 0 bridgehead atoms. The lowest BCUT2D eigenvalue weighted by Crippen LogP contribution is -2.31. The van der Waals surface area contributed by atoms with E-state index in [-0.39, 0.29) is 17.8 Å². The molecule has 0 aliphatic rings. The van der Waals surface area contributed by atoms with Crippen molar-refractivity contribution in [3.8, 4) is 5.75 Å². The van der Waals surface area contributed by atoms with Crippen LogP contribution in [0.1, 0.15) is 36.1 Å². The summed E-state index contributed by atoms with van der Waals surface area (Å²) in [5.74, 6) is 0.865. The highest BCUT2D eigenvalue weighted by Gasteiger charge is 2.18. The molecule has 3 rings (SSSR count). The minimum absolute atomic E-state index is 0.147. The van der Waals surface area contributed by atoms with Gasteiger partial charge in [-0.2, -0.15) is 5.10 Å². The Labute approximate surface area is 162 Å². The number of methoxy groups -OCH3 is 1. The van der Waals surface area contributed by atoms with Crippen molar-refractivity contribution < 1.29 is 18.7 Å². The number of aromatic nitrogens is 2. The molecule has 0 saturated heterocycles. The molecule has 1 N–H and O–H groups in total. The average molecular weight is 385 g/mol. The second-order valence-electron chi connectivity index (χ2n) is 6.22. The molecule has 0 fully saturated rings. The molecule has 8 nitrogen and oxygen atoms in total. The van der Waals surface area contributed by atoms with Gasteiger partial charge in [0.2, 0.25) is 0 Å². The lowest BCUT2D eigenvalue weighted by atomic mass is 10.2. The Morgan fingerprint density at radius 2 is 2.14 bits per heavy atom. The first kappa shape index (κ1) is 19.6. The van der Waals surface area contributed by atoms with E-state index in [1.54, 1.807) is 0 Å². The monoisotopic (exact) mass is 385 g/mol. The molecule has 1 aromatic carbocycles. The van der Waals surface area contributed by atoms with Gasteiger partial charge in [-0.1, -0.05) is 12.1 Å². The molecule has 0 aliphatic carbocycles. The number of benzene rings is 1. The molecule has 2 aromatic heterocycles. The second kappa shape index (κ2) is 8.71. The van der Waals surface area contributed by atoms with Crippen LogP contribution in [-0.2, 0) is 11.3 Å². The van der Waals surface area contributed by atoms with E-state index in [2.05, 4.69) is 10.4 Å². The van der Waals surface area contributed by atoms with Crippen molar-refractivity contribution in [2.75, 3.05) is 20.3 Å². The van der Waals surface area contributed by atoms with E-state index >= 15 is 0 Å². The van der Waals surface area contributed by atoms with Gasteiger partial charge in [0, 0.05) is 18.6 Å². The van der Waals surface area contributed by atoms with Gasteiger partial charge in [-0.3, -0.25) is 9.59 Å². The number of carbonyl (C=O) groups is 1. The summed E-state index contributed by atoms with van der Waals surface area (Å²) in [6, 6.07) is 9.86. The van der Waals surface area contributed by atoms with Crippen molar-refractivity contribution in [1.29, 1.82) is 0 Å². The number of hydrogen-bond donors (Lipinski definition) is 1. The first-order valence-corrected chi connectivity index (χ1v) is 9.06. The van der Waals surface area contributed by atoms with E-state index in [1.165, 1.54) is 23.9 Å². The summed E-state index contributed by atoms with van der Waals surface area (Å²) in [6.07, 6.45) is 0. The number of nitrogens with one attached hydrogen (secondary N) is 1. The summed E-state index contributed by atoms with van der Waals surface area (Å²) in [5.41, 5.74) is 0.503. The number of furan rings is 1. The largest absolute Gasteiger partial charge is 0.490 e. The van der Waals surface area contributed by atoms with Gasteiger partial charge < -0.3 is 19.2 Å². The molecule has 0 saturated carbocycles. The van der Waals surface area contributed by atoms with Crippen LogP contribution in [0.5, 0.6) is 5.75 Å². The normalized spacial score (nSPS) is 12.1. The van der Waals surface area contributed by atoms with Gasteiger partial charge >= 0.3 is 0 Å². The molecule has 1 unspecified atom stereocenters. The Hall–Kier alpha value is -3.13. The number of fused-ring (bicyclic) bond motifs is 1. The molecule has 8 heteroatoms. The zero-order valence-corrected chi connectivity index (χ0v) is 16.1. The predicted molar refractivity (Wildman–Crippen MR) is 104 cm³/mol. The zero-order valence-electron chi connectivity index (χ0n) is 16.1. The lowest BCUT2D eigenvalue weighted by molar-refractivity contribution is 0.0927. The Bertz CT molecular complexity index is 1020. The van der Waals surface area contributed by atoms with E-state index in [0.717, 1.165) is 5.39 Å². The van der Waals surface area contributed by atoms with Gasteiger partial charge in [-0.25, -0.2) is 4.68 Å². The standard InChI is InChI=1S/C20H23N3O5/c1-4-27-16-7-5-6-14-12-17(28-19(14)16)13(2)21-20(25)15-8-9-18(24)23(22-15)10-11-26-3/h5-9,12-13H,4,10-11H2,1-3H3,(H,21,25). The summed E-state index contributed by atoms with van der Waals surface area (Å²) in [5, 5.41) is 7.84. The first-order valence-electron chi connectivity index (χ1n) is 9.06. The van der Waals surface area contributed by atoms with Crippen molar-refractivity contribution in [2.24, 2.45) is 0 Å². The van der Waals surface area contributed by atoms with Gasteiger partial charge in [0.25, 0.3) is 11.5 Å². The van der Waals surface area contributed by atoms with Crippen molar-refractivity contribution in [1.82, 2.24) is 15.1 Å². The Balaban J connectivity index is 1.78. The van der Waals surface area contributed by atoms with E-state index in [0.29, 0.717) is 30.3 Å². The third-order valence-corrected chi connectivity index (χ3v) is 4.21. The minimum atomic E-state index is -0.399. The maximum atomic E-state index is 12.6. The first-order chi connectivity index (χ1) is 13.5. The minimum Gasteiger partial charge on any atom is -0.490 e. The number of carbonyl (C=O) groups excluding carboxylic acids is 1. The quantitative estimate of drug-likeness (QED) is 0.640. The molecular weight excluding hydrogens is 362 g/mol. The van der Waals surface area contributed by atoms with Crippen LogP contribution in [0.2, 0.25) is 0 Å². The molecule has 0 radical (unpaired) electrons. The number of para-hydroxylation sites is 1. The highest BCUT2D eigenvalue weighted by atomic mass is 16.5. The van der Waals surface area contributed by atoms with E-state index < -0.39 is 11.9 Å². The second-order valence-corrected chi connectivity index (χ2v) is 6.22. The van der Waals surface area contributed by atoms with Crippen LogP contribution in [0.3, 0.4) is 0 Å². The fourth-order valence-electron chi connectivity index (χ4n) is 2.79. The van der Waals surface area contributed by atoms with Crippen LogP contribution in [-0.4, -0.2) is 36.0 Å². The summed E-state index contributed by atoms with van der Waals surface area (Å²) in [7, 11) is 1.54. The molecule has 1 atom stereocenters. The van der Waals surface area contributed by atoms with Gasteiger partial charge in [-0.05, 0) is 32.0 Å². The fraction of sp³-hybridized carbons (Fsp3) is 0.350. The summed E-state index contributed by atoms with van der Waals surface area (Å²) in [6.45, 7) is 4.86. The maximum absolute atomic E-state index is 12.6. The van der Waals surface area contributed by atoms with Crippen molar-refractivity contribution >= 4 is 16.9 Å². The van der Waals surface area contributed by atoms with E-state index in [1.807, 2.05) is 38.1 Å². The Kier molecular flexibility index (Phi) is 6.10. The molecular formula is C20H23N3O5. The summed E-state index contributed by atoms with van der Waals surface area (Å²) in [4.78, 5) is 24.4. The number of ether oxygens (including phenoxy) is 2. The summed E-state index contributed by atoms with van der Waals surface area (Å²) >= 11 is 0. The van der Waals surface area contributed by atoms with Crippen LogP contribution in [0.4, 0.5) is 0 Å². The van der Waals surface area contributed by atoms with Crippen LogP contribution in [0, 0.1) is 0 Å². The van der Waals surface area contributed by atoms with E-state index in [9.17, 15) is 9.59 Å². The summed E-state index contributed by atoms with van der Waals surface area (Å²) < 4.78 is 17.7. The fourth-order valence-corrected chi connectivity index (χ4v) is 2.79. The van der Waals surface area contributed by atoms with Crippen molar-refractivity contribution in [3.05, 3.63) is 58.2 Å².